The lowest BCUT2D eigenvalue weighted by Crippen LogP contribution is -2.44. The third-order valence-electron chi connectivity index (χ3n) is 13.3. The number of hydrogen-bond acceptors (Lipinski definition) is 12. The minimum Gasteiger partial charge on any atom is -0.461 e. The number of carbonyl (C=O) groups is 8. The Labute approximate surface area is 508 Å². The normalized spacial score (nSPS) is 12.6. The first-order valence-corrected chi connectivity index (χ1v) is 28.0. The molecule has 7 aromatic rings. The third kappa shape index (κ3) is 15.6. The second kappa shape index (κ2) is 28.3. The number of benzene rings is 6. The Hall–Kier alpha value is -8.62. The summed E-state index contributed by atoms with van der Waals surface area (Å²) in [7, 11) is 4.84. The number of aryl methyl sites for hydroxylation is 1. The van der Waals surface area contributed by atoms with Crippen molar-refractivity contribution in [1.82, 2.24) is 29.6 Å². The molecule has 0 aliphatic carbocycles. The Kier molecular flexibility index (Phi) is 21.3. The minimum absolute atomic E-state index is 0.0380. The fraction of sp³-hybridized carbons (Fsp3) is 0.258. The smallest absolute Gasteiger partial charge is 0.335 e. The Morgan fingerprint density at radius 1 is 0.588 bits per heavy atom. The molecule has 2 atom stereocenters. The second-order valence-electron chi connectivity index (χ2n) is 20.5. The molecule has 2 N–H and O–H groups in total. The predicted molar refractivity (Wildman–Crippen MR) is 324 cm³/mol. The lowest BCUT2D eigenvalue weighted by molar-refractivity contribution is -0.150. The third-order valence-corrected chi connectivity index (χ3v) is 14.5. The topological polar surface area (TPSA) is 233 Å². The van der Waals surface area contributed by atoms with Crippen LogP contribution in [0.25, 0.3) is 16.6 Å². The van der Waals surface area contributed by atoms with Crippen LogP contribution in [0.2, 0.25) is 20.1 Å². The summed E-state index contributed by atoms with van der Waals surface area (Å²) in [4.78, 5) is 131. The molecule has 6 aromatic carbocycles. The molecule has 8 rings (SSSR count). The number of nitrogens with zero attached hydrogens (tertiary/aromatic N) is 5. The molecule has 0 saturated carbocycles. The number of anilines is 1. The molecule has 0 radical (unpaired) electrons. The van der Waals surface area contributed by atoms with Gasteiger partial charge < -0.3 is 29.9 Å². The molecular formula is C62H59Cl4N7O12. The molecular weight excluding hydrogens is 1180 g/mol. The van der Waals surface area contributed by atoms with Crippen LogP contribution in [0.15, 0.2) is 131 Å². The van der Waals surface area contributed by atoms with Crippen molar-refractivity contribution < 1.29 is 47.8 Å². The van der Waals surface area contributed by atoms with Crippen molar-refractivity contribution in [3.05, 3.63) is 207 Å². The number of halogens is 4. The average molecular weight is 1240 g/mol. The molecule has 1 aliphatic rings. The SMILES string of the molecule is CC(C)OC(=O)[C@H](Cc1ccc(-n2c(=O)c3cc(CN(C)C=O)ccc3n(C)c2=O)cc1)NC(=O)c1c(Cl)cccc1Cl.CC(C)OC(=O)[C@H](Cc1ccc(N2C(=O)Cc3ccc(CN(C)C=O)cc3C2=O)cc1)NC(=O)c1c(Cl)cccc1Cl. The Morgan fingerprint density at radius 3 is 1.46 bits per heavy atom. The number of hydrogen-bond donors (Lipinski definition) is 2. The molecule has 1 aliphatic heterocycles. The predicted octanol–water partition coefficient (Wildman–Crippen LogP) is 8.48. The zero-order valence-electron chi connectivity index (χ0n) is 47.2. The van der Waals surface area contributed by atoms with Crippen molar-refractivity contribution in [1.29, 1.82) is 0 Å². The van der Waals surface area contributed by atoms with E-state index in [2.05, 4.69) is 10.6 Å². The van der Waals surface area contributed by atoms with Gasteiger partial charge in [-0.05, 0) is 122 Å². The summed E-state index contributed by atoms with van der Waals surface area (Å²) in [5.41, 5.74) is 3.97. The number of imide groups is 1. The highest BCUT2D eigenvalue weighted by atomic mass is 35.5. The average Bonchev–Trinajstić information content (AvgIpc) is 2.27. The van der Waals surface area contributed by atoms with Crippen LogP contribution >= 0.6 is 46.4 Å². The maximum atomic E-state index is 13.5. The van der Waals surface area contributed by atoms with E-state index in [0.29, 0.717) is 70.4 Å². The summed E-state index contributed by atoms with van der Waals surface area (Å²) in [5, 5.41) is 6.20. The van der Waals surface area contributed by atoms with E-state index in [4.69, 9.17) is 55.9 Å². The Morgan fingerprint density at radius 2 is 1.01 bits per heavy atom. The van der Waals surface area contributed by atoms with Gasteiger partial charge in [-0.15, -0.1) is 0 Å². The highest BCUT2D eigenvalue weighted by Crippen LogP contribution is 2.29. The van der Waals surface area contributed by atoms with Crippen molar-refractivity contribution in [2.24, 2.45) is 7.05 Å². The van der Waals surface area contributed by atoms with E-state index in [9.17, 15) is 47.9 Å². The highest BCUT2D eigenvalue weighted by Gasteiger charge is 2.33. The summed E-state index contributed by atoms with van der Waals surface area (Å²) in [5.74, 6) is -3.39. The fourth-order valence-electron chi connectivity index (χ4n) is 9.24. The van der Waals surface area contributed by atoms with E-state index < -0.39 is 65.2 Å². The summed E-state index contributed by atoms with van der Waals surface area (Å²) < 4.78 is 13.2. The van der Waals surface area contributed by atoms with Crippen LogP contribution in [-0.2, 0) is 72.8 Å². The number of amides is 6. The van der Waals surface area contributed by atoms with Crippen LogP contribution in [0.5, 0.6) is 0 Å². The molecule has 23 heteroatoms. The lowest BCUT2D eigenvalue weighted by atomic mass is 9.95. The van der Waals surface area contributed by atoms with Gasteiger partial charge in [0.05, 0.1) is 72.1 Å². The van der Waals surface area contributed by atoms with Crippen molar-refractivity contribution in [2.75, 3.05) is 19.0 Å². The molecule has 6 amide bonds. The van der Waals surface area contributed by atoms with Gasteiger partial charge in [0.1, 0.15) is 12.1 Å². The van der Waals surface area contributed by atoms with E-state index in [-0.39, 0.29) is 56.4 Å². The van der Waals surface area contributed by atoms with Crippen LogP contribution in [-0.4, -0.2) is 106 Å². The lowest BCUT2D eigenvalue weighted by Gasteiger charge is -2.27. The van der Waals surface area contributed by atoms with E-state index >= 15 is 0 Å². The summed E-state index contributed by atoms with van der Waals surface area (Å²) in [6.45, 7) is 7.42. The van der Waals surface area contributed by atoms with Gasteiger partial charge in [0.2, 0.25) is 18.7 Å². The molecule has 0 unspecified atom stereocenters. The molecule has 0 bridgehead atoms. The van der Waals surface area contributed by atoms with Gasteiger partial charge in [0.15, 0.2) is 0 Å². The summed E-state index contributed by atoms with van der Waals surface area (Å²) in [6.07, 6.45) is 0.718. The molecule has 0 fully saturated rings. The van der Waals surface area contributed by atoms with Crippen LogP contribution < -0.4 is 26.8 Å². The van der Waals surface area contributed by atoms with E-state index in [1.807, 2.05) is 0 Å². The second-order valence-corrected chi connectivity index (χ2v) is 22.2. The van der Waals surface area contributed by atoms with Gasteiger partial charge in [0, 0.05) is 52.6 Å². The van der Waals surface area contributed by atoms with Gasteiger partial charge in [0.25, 0.3) is 23.3 Å². The van der Waals surface area contributed by atoms with E-state index in [0.717, 1.165) is 20.6 Å². The standard InChI is InChI=1S/C31H30Cl2N4O6.C31H29Cl2N3O6/c1-18(2)43-30(41)25(34-28(39)27-23(32)6-5-7-24(27)33)15-19-8-11-21(12-9-19)37-29(40)22-14-20(16-35(3)17-38)10-13-26(22)36(4)31(37)42;1-18(2)42-31(41)26(34-29(39)28-24(32)5-4-6-25(28)33)14-19-8-11-22(12-9-19)36-27(38)15-21-10-7-20(16-35(3)17-37)13-23(21)30(36)40/h5-14,17-18,25H,15-16H2,1-4H3,(H,34,39);4-13,17-18,26H,14-16H2,1-3H3,(H,34,39)/t25-;26-/m00/s1. The number of carbonyl (C=O) groups excluding carboxylic acids is 8. The molecule has 0 saturated heterocycles. The number of fused-ring (bicyclic) bond motifs is 2. The number of esters is 2. The summed E-state index contributed by atoms with van der Waals surface area (Å²) >= 11 is 24.7. The van der Waals surface area contributed by atoms with Crippen molar-refractivity contribution in [3.63, 3.8) is 0 Å². The zero-order valence-corrected chi connectivity index (χ0v) is 50.2. The molecule has 2 heterocycles. The van der Waals surface area contributed by atoms with Gasteiger partial charge in [-0.3, -0.25) is 38.1 Å². The van der Waals surface area contributed by atoms with Crippen molar-refractivity contribution >= 4 is 111 Å². The monoisotopic (exact) mass is 1230 g/mol. The number of nitrogens with one attached hydrogen (secondary N) is 2. The minimum atomic E-state index is -1.08. The van der Waals surface area contributed by atoms with Crippen molar-refractivity contribution in [2.45, 2.75) is 84.3 Å². The number of rotatable bonds is 20. The van der Waals surface area contributed by atoms with Gasteiger partial charge in [-0.1, -0.05) is 101 Å². The first-order valence-electron chi connectivity index (χ1n) is 26.5. The van der Waals surface area contributed by atoms with Gasteiger partial charge >= 0.3 is 17.6 Å². The first kappa shape index (κ1) is 64.0. The summed E-state index contributed by atoms with van der Waals surface area (Å²) in [6, 6.07) is 30.6. The molecule has 85 heavy (non-hydrogen) atoms. The van der Waals surface area contributed by atoms with E-state index in [1.54, 1.807) is 146 Å². The Balaban J connectivity index is 0.000000244. The quantitative estimate of drug-likeness (QED) is 0.0416. The molecule has 19 nitrogen and oxygen atoms in total. The Bertz CT molecular complexity index is 3810. The highest BCUT2D eigenvalue weighted by molar-refractivity contribution is 6.40. The maximum absolute atomic E-state index is 13.5. The fourth-order valence-corrected chi connectivity index (χ4v) is 10.4. The number of aromatic nitrogens is 2. The largest absolute Gasteiger partial charge is 0.461 e. The number of ether oxygens (including phenoxy) is 2. The van der Waals surface area contributed by atoms with Crippen LogP contribution in [0, 0.1) is 0 Å². The van der Waals surface area contributed by atoms with Gasteiger partial charge in [-0.25, -0.2) is 23.9 Å². The van der Waals surface area contributed by atoms with Crippen LogP contribution in [0.3, 0.4) is 0 Å². The van der Waals surface area contributed by atoms with E-state index in [1.165, 1.54) is 38.6 Å². The van der Waals surface area contributed by atoms with Crippen LogP contribution in [0.4, 0.5) is 5.69 Å². The molecule has 0 spiro atoms. The first-order chi connectivity index (χ1) is 40.4. The van der Waals surface area contributed by atoms with Gasteiger partial charge in [-0.2, -0.15) is 0 Å². The maximum Gasteiger partial charge on any atom is 0.335 e. The zero-order chi connectivity index (χ0) is 62.0. The van der Waals surface area contributed by atoms with Crippen LogP contribution in [0.1, 0.15) is 86.6 Å². The molecule has 442 valence electrons. The molecule has 1 aromatic heterocycles. The van der Waals surface area contributed by atoms with Crippen molar-refractivity contribution in [3.8, 4) is 5.69 Å².